The van der Waals surface area contributed by atoms with Crippen molar-refractivity contribution in [1.82, 2.24) is 9.97 Å². The molecule has 0 bridgehead atoms. The van der Waals surface area contributed by atoms with E-state index in [-0.39, 0.29) is 5.54 Å². The van der Waals surface area contributed by atoms with Crippen LogP contribution in [0.4, 0.5) is 11.5 Å². The predicted octanol–water partition coefficient (Wildman–Crippen LogP) is 2.06. The third kappa shape index (κ3) is 3.56. The molecule has 0 aliphatic heterocycles. The summed E-state index contributed by atoms with van der Waals surface area (Å²) in [6.45, 7) is 8.77. The minimum Gasteiger partial charge on any atom is -0.476 e. The second-order valence-corrected chi connectivity index (χ2v) is 4.66. The normalized spacial score (nSPS) is 11.2. The summed E-state index contributed by atoms with van der Waals surface area (Å²) in [6.07, 6.45) is 2.38. The maximum absolute atomic E-state index is 5.92. The standard InChI is InChI=1S/C11H20N4O/c1-5-6-16-10-8(12)9(13-7-14-10)15-11(2,3)4/h7H,5-6,12H2,1-4H3,(H,13,14,15). The number of nitrogen functional groups attached to an aromatic ring is 1. The van der Waals surface area contributed by atoms with Gasteiger partial charge in [0.05, 0.1) is 6.61 Å². The first-order chi connectivity index (χ1) is 7.44. The average molecular weight is 224 g/mol. The molecule has 1 heterocycles. The molecule has 0 aromatic carbocycles. The van der Waals surface area contributed by atoms with Gasteiger partial charge in [-0.1, -0.05) is 6.92 Å². The van der Waals surface area contributed by atoms with Crippen molar-refractivity contribution in [3.63, 3.8) is 0 Å². The largest absolute Gasteiger partial charge is 0.476 e. The van der Waals surface area contributed by atoms with E-state index in [0.29, 0.717) is 24.0 Å². The molecule has 0 radical (unpaired) electrons. The van der Waals surface area contributed by atoms with Crippen LogP contribution >= 0.6 is 0 Å². The molecular weight excluding hydrogens is 204 g/mol. The Kier molecular flexibility index (Phi) is 3.93. The molecule has 0 saturated carbocycles. The lowest BCUT2D eigenvalue weighted by Crippen LogP contribution is -2.27. The number of nitrogens with zero attached hydrogens (tertiary/aromatic N) is 2. The van der Waals surface area contributed by atoms with Crippen molar-refractivity contribution in [2.75, 3.05) is 17.7 Å². The first kappa shape index (κ1) is 12.5. The summed E-state index contributed by atoms with van der Waals surface area (Å²) < 4.78 is 5.42. The lowest BCUT2D eigenvalue weighted by Gasteiger charge is -2.22. The fourth-order valence-corrected chi connectivity index (χ4v) is 1.15. The van der Waals surface area contributed by atoms with Crippen LogP contribution in [0.15, 0.2) is 6.33 Å². The Balaban J connectivity index is 2.86. The van der Waals surface area contributed by atoms with E-state index >= 15 is 0 Å². The van der Waals surface area contributed by atoms with E-state index in [1.54, 1.807) is 0 Å². The highest BCUT2D eigenvalue weighted by atomic mass is 16.5. The summed E-state index contributed by atoms with van der Waals surface area (Å²) in [4.78, 5) is 8.11. The predicted molar refractivity (Wildman–Crippen MR) is 65.6 cm³/mol. The van der Waals surface area contributed by atoms with E-state index in [0.717, 1.165) is 6.42 Å². The molecule has 3 N–H and O–H groups in total. The summed E-state index contributed by atoms with van der Waals surface area (Å²) in [5.74, 6) is 1.07. The molecule has 1 aromatic rings. The Bertz CT molecular complexity index is 346. The second-order valence-electron chi connectivity index (χ2n) is 4.66. The number of anilines is 2. The maximum atomic E-state index is 5.92. The van der Waals surface area contributed by atoms with Gasteiger partial charge in [0.25, 0.3) is 0 Å². The van der Waals surface area contributed by atoms with Crippen molar-refractivity contribution >= 4 is 11.5 Å². The van der Waals surface area contributed by atoms with Crippen LogP contribution in [-0.4, -0.2) is 22.1 Å². The highest BCUT2D eigenvalue weighted by Crippen LogP contribution is 2.26. The maximum Gasteiger partial charge on any atom is 0.242 e. The van der Waals surface area contributed by atoms with E-state index < -0.39 is 0 Å². The summed E-state index contributed by atoms with van der Waals surface area (Å²) in [6, 6.07) is 0. The Morgan fingerprint density at radius 2 is 2.06 bits per heavy atom. The van der Waals surface area contributed by atoms with Crippen molar-refractivity contribution in [2.24, 2.45) is 0 Å². The summed E-state index contributed by atoms with van der Waals surface area (Å²) >= 11 is 0. The van der Waals surface area contributed by atoms with Gasteiger partial charge in [-0.2, -0.15) is 4.98 Å². The molecular formula is C11H20N4O. The third-order valence-electron chi connectivity index (χ3n) is 1.78. The summed E-state index contributed by atoms with van der Waals surface area (Å²) in [5.41, 5.74) is 6.29. The van der Waals surface area contributed by atoms with Gasteiger partial charge in [0, 0.05) is 5.54 Å². The molecule has 5 nitrogen and oxygen atoms in total. The first-order valence-electron chi connectivity index (χ1n) is 5.45. The van der Waals surface area contributed by atoms with Crippen LogP contribution in [0.3, 0.4) is 0 Å². The number of hydrogen-bond acceptors (Lipinski definition) is 5. The zero-order chi connectivity index (χ0) is 12.2. The van der Waals surface area contributed by atoms with E-state index in [9.17, 15) is 0 Å². The number of ether oxygens (including phenoxy) is 1. The van der Waals surface area contributed by atoms with Crippen LogP contribution in [-0.2, 0) is 0 Å². The molecule has 0 saturated heterocycles. The van der Waals surface area contributed by atoms with Gasteiger partial charge < -0.3 is 15.8 Å². The lowest BCUT2D eigenvalue weighted by molar-refractivity contribution is 0.306. The van der Waals surface area contributed by atoms with E-state index in [4.69, 9.17) is 10.5 Å². The van der Waals surface area contributed by atoms with Crippen LogP contribution in [0, 0.1) is 0 Å². The number of aromatic nitrogens is 2. The molecule has 0 atom stereocenters. The van der Waals surface area contributed by atoms with Crippen molar-refractivity contribution in [2.45, 2.75) is 39.7 Å². The molecule has 0 aliphatic carbocycles. The van der Waals surface area contributed by atoms with Gasteiger partial charge in [-0.3, -0.25) is 0 Å². The molecule has 16 heavy (non-hydrogen) atoms. The van der Waals surface area contributed by atoms with Crippen molar-refractivity contribution < 1.29 is 4.74 Å². The smallest absolute Gasteiger partial charge is 0.242 e. The summed E-state index contributed by atoms with van der Waals surface area (Å²) in [7, 11) is 0. The van der Waals surface area contributed by atoms with Crippen molar-refractivity contribution in [3.8, 4) is 5.88 Å². The second kappa shape index (κ2) is 5.01. The van der Waals surface area contributed by atoms with E-state index in [1.165, 1.54) is 6.33 Å². The van der Waals surface area contributed by atoms with Crippen molar-refractivity contribution in [3.05, 3.63) is 6.33 Å². The highest BCUT2D eigenvalue weighted by Gasteiger charge is 2.15. The van der Waals surface area contributed by atoms with Gasteiger partial charge in [0.2, 0.25) is 5.88 Å². The van der Waals surface area contributed by atoms with Gasteiger partial charge in [0.1, 0.15) is 12.0 Å². The average Bonchev–Trinajstić information content (AvgIpc) is 2.17. The van der Waals surface area contributed by atoms with E-state index in [2.05, 4.69) is 15.3 Å². The fraction of sp³-hybridized carbons (Fsp3) is 0.636. The molecule has 90 valence electrons. The van der Waals surface area contributed by atoms with Crippen LogP contribution in [0.25, 0.3) is 0 Å². The molecule has 1 aromatic heterocycles. The third-order valence-corrected chi connectivity index (χ3v) is 1.78. The SMILES string of the molecule is CCCOc1ncnc(NC(C)(C)C)c1N. The summed E-state index contributed by atoms with van der Waals surface area (Å²) in [5, 5.41) is 3.21. The zero-order valence-corrected chi connectivity index (χ0v) is 10.4. The van der Waals surface area contributed by atoms with Crippen LogP contribution < -0.4 is 15.8 Å². The Labute approximate surface area is 96.4 Å². The number of rotatable bonds is 4. The fourth-order valence-electron chi connectivity index (χ4n) is 1.15. The Hall–Kier alpha value is -1.52. The molecule has 0 fully saturated rings. The number of nitrogens with two attached hydrogens (primary N) is 1. The molecule has 1 rings (SSSR count). The van der Waals surface area contributed by atoms with Crippen LogP contribution in [0.5, 0.6) is 5.88 Å². The van der Waals surface area contributed by atoms with Gasteiger partial charge in [-0.25, -0.2) is 4.98 Å². The van der Waals surface area contributed by atoms with Crippen LogP contribution in [0.2, 0.25) is 0 Å². The molecule has 0 unspecified atom stereocenters. The van der Waals surface area contributed by atoms with Gasteiger partial charge in [0.15, 0.2) is 5.82 Å². The molecule has 0 aliphatic rings. The van der Waals surface area contributed by atoms with Crippen LogP contribution in [0.1, 0.15) is 34.1 Å². The highest BCUT2D eigenvalue weighted by molar-refractivity contribution is 5.67. The van der Waals surface area contributed by atoms with Gasteiger partial charge in [-0.05, 0) is 27.2 Å². The van der Waals surface area contributed by atoms with Crippen molar-refractivity contribution in [1.29, 1.82) is 0 Å². The Morgan fingerprint density at radius 1 is 1.38 bits per heavy atom. The van der Waals surface area contributed by atoms with Gasteiger partial charge in [-0.15, -0.1) is 0 Å². The molecule has 0 amide bonds. The Morgan fingerprint density at radius 3 is 2.62 bits per heavy atom. The molecule has 0 spiro atoms. The molecule has 5 heteroatoms. The zero-order valence-electron chi connectivity index (χ0n) is 10.4. The topological polar surface area (TPSA) is 73.1 Å². The number of nitrogens with one attached hydrogen (secondary N) is 1. The monoisotopic (exact) mass is 224 g/mol. The lowest BCUT2D eigenvalue weighted by atomic mass is 10.1. The number of hydrogen-bond donors (Lipinski definition) is 2. The first-order valence-corrected chi connectivity index (χ1v) is 5.45. The van der Waals surface area contributed by atoms with E-state index in [1.807, 2.05) is 27.7 Å². The minimum absolute atomic E-state index is 0.0928. The minimum atomic E-state index is -0.0928. The quantitative estimate of drug-likeness (QED) is 0.819. The van der Waals surface area contributed by atoms with Gasteiger partial charge >= 0.3 is 0 Å².